The Morgan fingerprint density at radius 3 is 2.23 bits per heavy atom. The second kappa shape index (κ2) is 11.6. The van der Waals surface area contributed by atoms with Gasteiger partial charge in [-0.15, -0.1) is 11.3 Å². The zero-order valence-electron chi connectivity index (χ0n) is 20.3. The van der Waals surface area contributed by atoms with Crippen molar-refractivity contribution in [2.24, 2.45) is 5.16 Å². The van der Waals surface area contributed by atoms with Crippen molar-refractivity contribution in [1.82, 2.24) is 14.6 Å². The maximum absolute atomic E-state index is 12.9. The fraction of sp³-hybridized carbons (Fsp3) is 0.208. The Balaban J connectivity index is 1.46. The minimum Gasteiger partial charge on any atom is -0.450 e. The summed E-state index contributed by atoms with van der Waals surface area (Å²) >= 11 is 1.01. The molecule has 2 amide bonds. The predicted octanol–water partition coefficient (Wildman–Crippen LogP) is 1.30. The Morgan fingerprint density at radius 2 is 1.74 bits per heavy atom. The molecule has 1 saturated heterocycles. The molecule has 4 rings (SSSR count). The number of nitrogens with zero attached hydrogens (tertiary/aromatic N) is 3. The number of carbonyl (C=O) groups is 3. The van der Waals surface area contributed by atoms with Gasteiger partial charge in [0, 0.05) is 5.38 Å². The molecule has 4 N–H and O–H groups in total. The number of nitrogen functional groups attached to an aromatic ring is 1. The van der Waals surface area contributed by atoms with Crippen LogP contribution in [0.2, 0.25) is 0 Å². The topological polar surface area (TPSA) is 191 Å². The third kappa shape index (κ3) is 6.39. The molecule has 0 saturated carbocycles. The third-order valence-corrected chi connectivity index (χ3v) is 7.33. The molecule has 1 aliphatic rings. The summed E-state index contributed by atoms with van der Waals surface area (Å²) in [5.41, 5.74) is 6.71. The maximum Gasteiger partial charge on any atom is 0.362 e. The van der Waals surface area contributed by atoms with Crippen LogP contribution in [0.15, 0.2) is 71.2 Å². The lowest BCUT2D eigenvalue weighted by Crippen LogP contribution is -2.71. The van der Waals surface area contributed by atoms with Crippen LogP contribution in [0.1, 0.15) is 29.8 Å². The van der Waals surface area contributed by atoms with Gasteiger partial charge in [0.1, 0.15) is 11.7 Å². The molecule has 204 valence electrons. The first-order chi connectivity index (χ1) is 18.6. The Bertz CT molecular complexity index is 1460. The number of hydrogen-bond acceptors (Lipinski definition) is 11. The summed E-state index contributed by atoms with van der Waals surface area (Å²) in [6.45, 7) is 0.655. The van der Waals surface area contributed by atoms with Gasteiger partial charge in [-0.05, 0) is 18.1 Å². The highest BCUT2D eigenvalue weighted by Crippen LogP contribution is 2.26. The molecule has 0 aliphatic carbocycles. The van der Waals surface area contributed by atoms with Crippen molar-refractivity contribution in [2.75, 3.05) is 12.3 Å². The number of esters is 1. The van der Waals surface area contributed by atoms with E-state index in [0.29, 0.717) is 0 Å². The lowest BCUT2D eigenvalue weighted by molar-refractivity contribution is -0.153. The molecule has 2 atom stereocenters. The number of benzene rings is 2. The minimum atomic E-state index is -4.78. The summed E-state index contributed by atoms with van der Waals surface area (Å²) in [6.07, 6.45) is -0.717. The third-order valence-electron chi connectivity index (χ3n) is 5.64. The predicted molar refractivity (Wildman–Crippen MR) is 140 cm³/mol. The number of ether oxygens (including phenoxy) is 1. The van der Waals surface area contributed by atoms with Crippen LogP contribution in [0.5, 0.6) is 0 Å². The van der Waals surface area contributed by atoms with Crippen molar-refractivity contribution in [3.63, 3.8) is 0 Å². The van der Waals surface area contributed by atoms with E-state index in [1.807, 2.05) is 60.7 Å². The number of oxime groups is 1. The molecule has 0 bridgehead atoms. The van der Waals surface area contributed by atoms with Crippen molar-refractivity contribution in [2.45, 2.75) is 25.1 Å². The summed E-state index contributed by atoms with van der Waals surface area (Å²) in [4.78, 5) is 46.9. The summed E-state index contributed by atoms with van der Waals surface area (Å²) in [6, 6.07) is 15.8. The van der Waals surface area contributed by atoms with Crippen LogP contribution in [0, 0.1) is 0 Å². The maximum atomic E-state index is 12.9. The van der Waals surface area contributed by atoms with Crippen LogP contribution < -0.4 is 11.1 Å². The lowest BCUT2D eigenvalue weighted by Gasteiger charge is -2.42. The average Bonchev–Trinajstić information content (AvgIpc) is 3.34. The van der Waals surface area contributed by atoms with Crippen LogP contribution in [0.25, 0.3) is 0 Å². The summed E-state index contributed by atoms with van der Waals surface area (Å²) in [7, 11) is -4.78. The van der Waals surface area contributed by atoms with Gasteiger partial charge in [0.25, 0.3) is 11.8 Å². The van der Waals surface area contributed by atoms with Gasteiger partial charge in [0.2, 0.25) is 6.61 Å². The van der Waals surface area contributed by atoms with E-state index in [0.717, 1.165) is 22.5 Å². The number of aromatic nitrogens is 1. The van der Waals surface area contributed by atoms with Crippen molar-refractivity contribution in [1.29, 1.82) is 0 Å². The molecule has 3 aromatic rings. The number of carbonyl (C=O) groups excluding carboxylic acids is 3. The highest BCUT2D eigenvalue weighted by Gasteiger charge is 2.51. The quantitative estimate of drug-likeness (QED) is 0.105. The van der Waals surface area contributed by atoms with Gasteiger partial charge >= 0.3 is 16.3 Å². The number of amides is 2. The Labute approximate surface area is 227 Å². The van der Waals surface area contributed by atoms with Gasteiger partial charge in [0.15, 0.2) is 16.9 Å². The SMILES string of the molecule is C[C@H]1[C@H](NC(=O)/C(=N\OCC(=O)OC(c2ccccc2)c2ccccc2)c2csc(N)n2)C(=O)N1S(=O)(=O)O. The van der Waals surface area contributed by atoms with Crippen LogP contribution >= 0.6 is 11.3 Å². The molecular formula is C24H23N5O8S2. The van der Waals surface area contributed by atoms with Gasteiger partial charge in [-0.2, -0.15) is 8.42 Å². The Hall–Kier alpha value is -4.34. The number of thiazole rings is 1. The van der Waals surface area contributed by atoms with Crippen LogP contribution in [-0.4, -0.2) is 64.4 Å². The average molecular weight is 574 g/mol. The van der Waals surface area contributed by atoms with Crippen molar-refractivity contribution in [3.8, 4) is 0 Å². The zero-order chi connectivity index (χ0) is 28.2. The van der Waals surface area contributed by atoms with Crippen molar-refractivity contribution >= 4 is 50.3 Å². The number of rotatable bonds is 10. The van der Waals surface area contributed by atoms with Crippen molar-refractivity contribution < 1.29 is 36.9 Å². The standard InChI is InChI=1S/C24H23N5O8S2/c1-14-19(23(32)29(14)39(33,34)35)27-22(31)20(17-13-38-24(25)26-17)28-36-12-18(30)37-21(15-8-4-2-5-9-15)16-10-6-3-7-11-16/h2-11,13-14,19,21H,12H2,1H3,(H2,25,26)(H,27,31)(H,33,34,35)/b28-20-/t14-,19-/m0/s1. The van der Waals surface area contributed by atoms with E-state index in [9.17, 15) is 22.8 Å². The number of β-lactam (4-membered cyclic amide) rings is 1. The van der Waals surface area contributed by atoms with Crippen LogP contribution in [-0.2, 0) is 34.3 Å². The van der Waals surface area contributed by atoms with Crippen LogP contribution in [0.4, 0.5) is 5.13 Å². The van der Waals surface area contributed by atoms with E-state index in [1.165, 1.54) is 12.3 Å². The molecule has 0 radical (unpaired) electrons. The first kappa shape index (κ1) is 27.7. The van der Waals surface area contributed by atoms with Gasteiger partial charge in [-0.3, -0.25) is 14.1 Å². The zero-order valence-corrected chi connectivity index (χ0v) is 22.0. The van der Waals surface area contributed by atoms with E-state index in [-0.39, 0.29) is 15.1 Å². The summed E-state index contributed by atoms with van der Waals surface area (Å²) < 4.78 is 37.7. The normalized spacial score (nSPS) is 17.5. The number of nitrogens with two attached hydrogens (primary N) is 1. The van der Waals surface area contributed by atoms with E-state index >= 15 is 0 Å². The van der Waals surface area contributed by atoms with Gasteiger partial charge in [-0.1, -0.05) is 65.8 Å². The van der Waals surface area contributed by atoms with Gasteiger partial charge in [0.05, 0.1) is 6.04 Å². The number of anilines is 1. The smallest absolute Gasteiger partial charge is 0.362 e. The number of hydrogen-bond donors (Lipinski definition) is 3. The molecule has 1 aromatic heterocycles. The van der Waals surface area contributed by atoms with Gasteiger partial charge < -0.3 is 20.6 Å². The molecule has 0 spiro atoms. The molecule has 15 heteroatoms. The van der Waals surface area contributed by atoms with Crippen molar-refractivity contribution in [3.05, 3.63) is 82.9 Å². The fourth-order valence-corrected chi connectivity index (χ4v) is 5.24. The molecule has 2 aromatic carbocycles. The second-order valence-corrected chi connectivity index (χ2v) is 10.5. The second-order valence-electron chi connectivity index (χ2n) is 8.28. The molecular weight excluding hydrogens is 550 g/mol. The van der Waals surface area contributed by atoms with E-state index in [1.54, 1.807) is 0 Å². The minimum absolute atomic E-state index is 0.000811. The molecule has 13 nitrogen and oxygen atoms in total. The largest absolute Gasteiger partial charge is 0.450 e. The fourth-order valence-electron chi connectivity index (χ4n) is 3.81. The summed E-state index contributed by atoms with van der Waals surface area (Å²) in [5, 5.41) is 7.58. The molecule has 1 fully saturated rings. The number of nitrogens with one attached hydrogen (secondary N) is 1. The Kier molecular flexibility index (Phi) is 8.23. The van der Waals surface area contributed by atoms with E-state index < -0.39 is 58.6 Å². The van der Waals surface area contributed by atoms with E-state index in [4.69, 9.17) is 19.9 Å². The molecule has 39 heavy (non-hydrogen) atoms. The lowest BCUT2D eigenvalue weighted by atomic mass is 10.0. The first-order valence-electron chi connectivity index (χ1n) is 11.4. The highest BCUT2D eigenvalue weighted by atomic mass is 32.2. The van der Waals surface area contributed by atoms with Gasteiger partial charge in [-0.25, -0.2) is 14.1 Å². The Morgan fingerprint density at radius 1 is 1.15 bits per heavy atom. The molecule has 0 unspecified atom stereocenters. The monoisotopic (exact) mass is 573 g/mol. The highest BCUT2D eigenvalue weighted by molar-refractivity contribution is 7.84. The van der Waals surface area contributed by atoms with E-state index in [2.05, 4.69) is 15.5 Å². The first-order valence-corrected chi connectivity index (χ1v) is 13.7. The summed E-state index contributed by atoms with van der Waals surface area (Å²) in [5.74, 6) is -2.76. The molecule has 2 heterocycles. The molecule has 1 aliphatic heterocycles. The van der Waals surface area contributed by atoms with Crippen LogP contribution in [0.3, 0.4) is 0 Å².